The number of aromatic nitrogens is 5. The fourth-order valence-corrected chi connectivity index (χ4v) is 4.04. The summed E-state index contributed by atoms with van der Waals surface area (Å²) >= 11 is 0. The molecule has 10 nitrogen and oxygen atoms in total. The highest BCUT2D eigenvalue weighted by Gasteiger charge is 2.25. The Kier molecular flexibility index (Phi) is 7.06. The minimum Gasteiger partial charge on any atom is -0.497 e. The molecule has 0 radical (unpaired) electrons. The summed E-state index contributed by atoms with van der Waals surface area (Å²) in [6.45, 7) is 0.538. The van der Waals surface area contributed by atoms with Crippen molar-refractivity contribution in [3.05, 3.63) is 48.9 Å². The van der Waals surface area contributed by atoms with Gasteiger partial charge in [0.1, 0.15) is 22.8 Å². The Hall–Kier alpha value is -3.86. The molecule has 1 amide bonds. The minimum atomic E-state index is -0.00463. The van der Waals surface area contributed by atoms with Gasteiger partial charge >= 0.3 is 0 Å². The first kappa shape index (κ1) is 24.3. The topological polar surface area (TPSA) is 107 Å². The third kappa shape index (κ3) is 5.14. The maximum absolute atomic E-state index is 11.8. The Morgan fingerprint density at radius 1 is 1.11 bits per heavy atom. The molecule has 11 heteroatoms. The number of hydrogen-bond acceptors (Lipinski definition) is 8. The molecule has 3 aromatic heterocycles. The van der Waals surface area contributed by atoms with E-state index in [1.165, 1.54) is 0 Å². The van der Waals surface area contributed by atoms with E-state index < -0.39 is 0 Å². The number of amides is 1. The summed E-state index contributed by atoms with van der Waals surface area (Å²) in [5, 5.41) is 7.26. The lowest BCUT2D eigenvalue weighted by Crippen LogP contribution is -2.37. The molecule has 182 valence electrons. The summed E-state index contributed by atoms with van der Waals surface area (Å²) in [5.74, 6) is 2.07. The average molecular weight is 494 g/mol. The van der Waals surface area contributed by atoms with Crippen molar-refractivity contribution in [2.45, 2.75) is 18.9 Å². The van der Waals surface area contributed by atoms with Crippen LogP contribution in [0.3, 0.4) is 0 Å². The van der Waals surface area contributed by atoms with Gasteiger partial charge in [-0.1, -0.05) is 0 Å². The lowest BCUT2D eigenvalue weighted by molar-refractivity contribution is -0.119. The van der Waals surface area contributed by atoms with Crippen LogP contribution < -0.4 is 19.7 Å². The van der Waals surface area contributed by atoms with Gasteiger partial charge in [-0.05, 0) is 18.6 Å². The average Bonchev–Trinajstić information content (AvgIpc) is 3.49. The first-order valence-corrected chi connectivity index (χ1v) is 10.9. The summed E-state index contributed by atoms with van der Waals surface area (Å²) < 4.78 is 12.7. The zero-order chi connectivity index (χ0) is 23.7. The van der Waals surface area contributed by atoms with Crippen LogP contribution in [0.4, 0.5) is 11.5 Å². The molecule has 1 aliphatic rings. The van der Waals surface area contributed by atoms with Crippen LogP contribution in [-0.2, 0) is 11.8 Å². The number of rotatable bonds is 7. The molecule has 0 aliphatic carbocycles. The maximum Gasteiger partial charge on any atom is 0.220 e. The lowest BCUT2D eigenvalue weighted by atomic mass is 10.2. The van der Waals surface area contributed by atoms with Crippen molar-refractivity contribution in [3.63, 3.8) is 0 Å². The molecule has 0 saturated carbocycles. The molecule has 1 unspecified atom stereocenters. The van der Waals surface area contributed by atoms with Gasteiger partial charge in [0, 0.05) is 61.7 Å². The van der Waals surface area contributed by atoms with Crippen molar-refractivity contribution in [1.29, 1.82) is 0 Å². The Morgan fingerprint density at radius 3 is 2.51 bits per heavy atom. The number of ether oxygens (including phenoxy) is 2. The minimum absolute atomic E-state index is 0. The van der Waals surface area contributed by atoms with Gasteiger partial charge in [0.05, 0.1) is 32.3 Å². The first-order valence-electron chi connectivity index (χ1n) is 10.9. The standard InChI is InChI=1S/C24H25N7O3.H2S/c1-30-13-15(11-26-30)21-12-25-20-5-6-22(29-24(20)28-21)31(14-16-4-7-23(32)27-16)17-8-18(33-2)10-19(9-17)34-3;/h5-6,8-13,16H,4,7,14H2,1-3H3,(H,27,32);1H2. The third-order valence-electron chi connectivity index (χ3n) is 5.81. The molecule has 0 spiro atoms. The van der Waals surface area contributed by atoms with Crippen LogP contribution in [0.5, 0.6) is 11.5 Å². The number of aryl methyl sites for hydroxylation is 1. The second-order valence-corrected chi connectivity index (χ2v) is 8.15. The number of benzene rings is 1. The van der Waals surface area contributed by atoms with Crippen molar-refractivity contribution in [1.82, 2.24) is 30.0 Å². The molecule has 1 N–H and O–H groups in total. The second kappa shape index (κ2) is 10.2. The Labute approximate surface area is 209 Å². The molecule has 1 aromatic carbocycles. The highest BCUT2D eigenvalue weighted by atomic mass is 32.1. The van der Waals surface area contributed by atoms with E-state index in [0.717, 1.165) is 17.7 Å². The number of fused-ring (bicyclic) bond motifs is 1. The normalized spacial score (nSPS) is 14.9. The molecule has 1 aliphatic heterocycles. The number of carbonyl (C=O) groups is 1. The summed E-state index contributed by atoms with van der Waals surface area (Å²) in [4.78, 5) is 28.0. The molecule has 4 heterocycles. The Balaban J connectivity index is 0.00000289. The summed E-state index contributed by atoms with van der Waals surface area (Å²) in [5.41, 5.74) is 3.61. The Bertz CT molecular complexity index is 1340. The number of methoxy groups -OCH3 is 2. The highest BCUT2D eigenvalue weighted by molar-refractivity contribution is 7.59. The van der Waals surface area contributed by atoms with Crippen molar-refractivity contribution >= 4 is 42.1 Å². The molecular formula is C24H27N7O3S. The van der Waals surface area contributed by atoms with Crippen molar-refractivity contribution in [2.75, 3.05) is 25.7 Å². The number of hydrogen-bond donors (Lipinski definition) is 1. The van der Waals surface area contributed by atoms with Crippen molar-refractivity contribution < 1.29 is 14.3 Å². The zero-order valence-corrected chi connectivity index (χ0v) is 20.7. The number of pyridine rings is 1. The van der Waals surface area contributed by atoms with Crippen LogP contribution in [0.2, 0.25) is 0 Å². The van der Waals surface area contributed by atoms with Crippen LogP contribution in [0.15, 0.2) is 48.9 Å². The van der Waals surface area contributed by atoms with E-state index in [9.17, 15) is 4.79 Å². The van der Waals surface area contributed by atoms with Crippen LogP contribution in [0.25, 0.3) is 22.4 Å². The van der Waals surface area contributed by atoms with Crippen molar-refractivity contribution in [2.24, 2.45) is 7.05 Å². The zero-order valence-electron chi connectivity index (χ0n) is 19.7. The number of nitrogens with zero attached hydrogens (tertiary/aromatic N) is 6. The van der Waals surface area contributed by atoms with Gasteiger partial charge < -0.3 is 19.7 Å². The first-order chi connectivity index (χ1) is 16.5. The number of anilines is 2. The van der Waals surface area contributed by atoms with E-state index in [0.29, 0.717) is 47.1 Å². The van der Waals surface area contributed by atoms with Gasteiger partial charge in [0.15, 0.2) is 5.65 Å². The van der Waals surface area contributed by atoms with E-state index in [1.807, 2.05) is 48.5 Å². The molecule has 35 heavy (non-hydrogen) atoms. The summed E-state index contributed by atoms with van der Waals surface area (Å²) in [6.07, 6.45) is 6.63. The van der Waals surface area contributed by atoms with Gasteiger partial charge in [-0.25, -0.2) is 9.97 Å². The van der Waals surface area contributed by atoms with E-state index in [4.69, 9.17) is 19.4 Å². The van der Waals surface area contributed by atoms with Crippen LogP contribution in [0, 0.1) is 0 Å². The van der Waals surface area contributed by atoms with Gasteiger partial charge in [0.25, 0.3) is 0 Å². The van der Waals surface area contributed by atoms with E-state index >= 15 is 0 Å². The van der Waals surface area contributed by atoms with Crippen LogP contribution >= 0.6 is 13.5 Å². The number of carbonyl (C=O) groups excluding carboxylic acids is 1. The van der Waals surface area contributed by atoms with E-state index in [-0.39, 0.29) is 25.4 Å². The van der Waals surface area contributed by atoms with Gasteiger partial charge in [0.2, 0.25) is 5.91 Å². The smallest absolute Gasteiger partial charge is 0.220 e. The van der Waals surface area contributed by atoms with Crippen LogP contribution in [0.1, 0.15) is 12.8 Å². The van der Waals surface area contributed by atoms with Gasteiger partial charge in [-0.2, -0.15) is 18.6 Å². The fraction of sp³-hybridized carbons (Fsp3) is 0.292. The molecule has 1 saturated heterocycles. The quantitative estimate of drug-likeness (QED) is 0.419. The van der Waals surface area contributed by atoms with E-state index in [1.54, 1.807) is 31.3 Å². The Morgan fingerprint density at radius 2 is 1.89 bits per heavy atom. The summed E-state index contributed by atoms with van der Waals surface area (Å²) in [7, 11) is 5.09. The monoisotopic (exact) mass is 493 g/mol. The van der Waals surface area contributed by atoms with Gasteiger partial charge in [-0.3, -0.25) is 14.5 Å². The van der Waals surface area contributed by atoms with Crippen molar-refractivity contribution in [3.8, 4) is 22.8 Å². The number of nitrogens with one attached hydrogen (secondary N) is 1. The van der Waals surface area contributed by atoms with Crippen LogP contribution in [-0.4, -0.2) is 57.4 Å². The van der Waals surface area contributed by atoms with Gasteiger partial charge in [-0.15, -0.1) is 0 Å². The SMILES string of the molecule is COc1cc(OC)cc(N(CC2CCC(=O)N2)c2ccc3ncc(-c4cnn(C)c4)nc3n2)c1.S. The molecule has 4 aromatic rings. The maximum atomic E-state index is 11.8. The molecule has 0 bridgehead atoms. The molecular weight excluding hydrogens is 466 g/mol. The van der Waals surface area contributed by atoms with E-state index in [2.05, 4.69) is 15.4 Å². The second-order valence-electron chi connectivity index (χ2n) is 8.15. The fourth-order valence-electron chi connectivity index (χ4n) is 4.04. The highest BCUT2D eigenvalue weighted by Crippen LogP contribution is 2.33. The molecule has 5 rings (SSSR count). The molecule has 1 fully saturated rings. The predicted molar refractivity (Wildman–Crippen MR) is 138 cm³/mol. The lowest BCUT2D eigenvalue weighted by Gasteiger charge is -2.27. The largest absolute Gasteiger partial charge is 0.497 e. The third-order valence-corrected chi connectivity index (χ3v) is 5.81. The summed E-state index contributed by atoms with van der Waals surface area (Å²) in [6, 6.07) is 9.46. The molecule has 1 atom stereocenters. The predicted octanol–water partition coefficient (Wildman–Crippen LogP) is 2.97.